The van der Waals surface area contributed by atoms with Gasteiger partial charge in [0.05, 0.1) is 11.6 Å². The maximum atomic E-state index is 11.9. The molecule has 0 bridgehead atoms. The standard InChI is InChI=1S/C15H16N2O2/c1-3-4-5-11-10(2)8-9-16-14(11)12-6-7-13(18)17-15(12)19/h3-5,8-9,12H,1,6-7H2,2H3,(H,17,18,19)/b5-4-. The smallest absolute Gasteiger partial charge is 0.235 e. The summed E-state index contributed by atoms with van der Waals surface area (Å²) >= 11 is 0. The van der Waals surface area contributed by atoms with Crippen molar-refractivity contribution in [2.24, 2.45) is 0 Å². The van der Waals surface area contributed by atoms with Crippen molar-refractivity contribution in [1.29, 1.82) is 0 Å². The van der Waals surface area contributed by atoms with E-state index in [2.05, 4.69) is 16.9 Å². The predicted molar refractivity (Wildman–Crippen MR) is 73.3 cm³/mol. The third kappa shape index (κ3) is 2.78. The molecule has 2 rings (SSSR count). The molecule has 1 aliphatic heterocycles. The quantitative estimate of drug-likeness (QED) is 0.665. The largest absolute Gasteiger partial charge is 0.296 e. The lowest BCUT2D eigenvalue weighted by Crippen LogP contribution is -2.40. The summed E-state index contributed by atoms with van der Waals surface area (Å²) in [5, 5.41) is 2.37. The third-order valence-corrected chi connectivity index (χ3v) is 3.21. The van der Waals surface area contributed by atoms with Gasteiger partial charge in [-0.3, -0.25) is 19.9 Å². The SMILES string of the molecule is C=C/C=C\c1c(C)ccnc1C1CCC(=O)NC1=O. The topological polar surface area (TPSA) is 59.1 Å². The van der Waals surface area contributed by atoms with Crippen LogP contribution in [0.15, 0.2) is 31.0 Å². The van der Waals surface area contributed by atoms with Crippen LogP contribution in [0.5, 0.6) is 0 Å². The minimum Gasteiger partial charge on any atom is -0.296 e. The summed E-state index contributed by atoms with van der Waals surface area (Å²) in [6, 6.07) is 1.90. The first-order valence-corrected chi connectivity index (χ1v) is 6.21. The molecule has 1 aliphatic rings. The number of nitrogens with one attached hydrogen (secondary N) is 1. The van der Waals surface area contributed by atoms with Crippen LogP contribution >= 0.6 is 0 Å². The van der Waals surface area contributed by atoms with Gasteiger partial charge in [0.2, 0.25) is 11.8 Å². The van der Waals surface area contributed by atoms with Crippen LogP contribution in [0.25, 0.3) is 6.08 Å². The highest BCUT2D eigenvalue weighted by Crippen LogP contribution is 2.28. The van der Waals surface area contributed by atoms with Gasteiger partial charge in [-0.1, -0.05) is 24.8 Å². The highest BCUT2D eigenvalue weighted by atomic mass is 16.2. The number of hydrogen-bond acceptors (Lipinski definition) is 3. The zero-order valence-corrected chi connectivity index (χ0v) is 10.8. The van der Waals surface area contributed by atoms with E-state index < -0.39 is 0 Å². The summed E-state index contributed by atoms with van der Waals surface area (Å²) in [6.45, 7) is 5.61. The molecule has 1 fully saturated rings. The average Bonchev–Trinajstić information content (AvgIpc) is 2.37. The van der Waals surface area contributed by atoms with E-state index in [1.165, 1.54) is 0 Å². The summed E-state index contributed by atoms with van der Waals surface area (Å²) in [6.07, 6.45) is 7.96. The summed E-state index contributed by atoms with van der Waals surface area (Å²) in [5.74, 6) is -0.832. The van der Waals surface area contributed by atoms with Crippen molar-refractivity contribution in [3.05, 3.63) is 47.8 Å². The van der Waals surface area contributed by atoms with Crippen LogP contribution in [0, 0.1) is 6.92 Å². The fraction of sp³-hybridized carbons (Fsp3) is 0.267. The molecular formula is C15H16N2O2. The maximum absolute atomic E-state index is 11.9. The number of rotatable bonds is 3. The summed E-state index contributed by atoms with van der Waals surface area (Å²) < 4.78 is 0. The monoisotopic (exact) mass is 256 g/mol. The normalized spacial score (nSPS) is 19.5. The number of nitrogens with zero attached hydrogens (tertiary/aromatic N) is 1. The molecule has 98 valence electrons. The number of hydrogen-bond donors (Lipinski definition) is 1. The number of pyridine rings is 1. The third-order valence-electron chi connectivity index (χ3n) is 3.21. The Hall–Kier alpha value is -2.23. The molecule has 1 aromatic heterocycles. The Kier molecular flexibility index (Phi) is 3.90. The van der Waals surface area contributed by atoms with E-state index in [4.69, 9.17) is 0 Å². The van der Waals surface area contributed by atoms with Gasteiger partial charge in [-0.2, -0.15) is 0 Å². The summed E-state index contributed by atoms with van der Waals surface area (Å²) in [7, 11) is 0. The number of aryl methyl sites for hydroxylation is 1. The maximum Gasteiger partial charge on any atom is 0.235 e. The van der Waals surface area contributed by atoms with Crippen LogP contribution < -0.4 is 5.32 Å². The van der Waals surface area contributed by atoms with Gasteiger partial charge in [0, 0.05) is 12.6 Å². The molecule has 1 N–H and O–H groups in total. The number of allylic oxidation sites excluding steroid dienone is 2. The Balaban J connectivity index is 2.41. The van der Waals surface area contributed by atoms with Crippen molar-refractivity contribution in [1.82, 2.24) is 10.3 Å². The van der Waals surface area contributed by atoms with E-state index in [0.29, 0.717) is 12.8 Å². The first-order chi connectivity index (χ1) is 9.13. The molecule has 1 saturated heterocycles. The fourth-order valence-electron chi connectivity index (χ4n) is 2.20. The van der Waals surface area contributed by atoms with E-state index in [9.17, 15) is 9.59 Å². The molecule has 2 amide bonds. The predicted octanol–water partition coefficient (Wildman–Crippen LogP) is 2.11. The van der Waals surface area contributed by atoms with Gasteiger partial charge in [0.25, 0.3) is 0 Å². The summed E-state index contributed by atoms with van der Waals surface area (Å²) in [4.78, 5) is 27.5. The molecule has 0 spiro atoms. The molecule has 0 radical (unpaired) electrons. The summed E-state index contributed by atoms with van der Waals surface area (Å²) in [5.41, 5.74) is 2.70. The van der Waals surface area contributed by atoms with E-state index in [0.717, 1.165) is 16.8 Å². The Morgan fingerprint density at radius 3 is 2.95 bits per heavy atom. The van der Waals surface area contributed by atoms with Crippen molar-refractivity contribution >= 4 is 17.9 Å². The first kappa shape index (κ1) is 13.2. The second kappa shape index (κ2) is 5.61. The van der Waals surface area contributed by atoms with Crippen LogP contribution in [-0.4, -0.2) is 16.8 Å². The second-order valence-electron chi connectivity index (χ2n) is 4.53. The Morgan fingerprint density at radius 2 is 2.26 bits per heavy atom. The van der Waals surface area contributed by atoms with Crippen molar-refractivity contribution in [2.75, 3.05) is 0 Å². The van der Waals surface area contributed by atoms with E-state index in [1.807, 2.05) is 25.1 Å². The average molecular weight is 256 g/mol. The molecule has 0 saturated carbocycles. The van der Waals surface area contributed by atoms with E-state index >= 15 is 0 Å². The number of piperidine rings is 1. The molecule has 2 heterocycles. The fourth-order valence-corrected chi connectivity index (χ4v) is 2.20. The minimum atomic E-state index is -0.359. The van der Waals surface area contributed by atoms with Crippen LogP contribution in [0.3, 0.4) is 0 Å². The highest BCUT2D eigenvalue weighted by molar-refractivity contribution is 6.01. The number of amides is 2. The van der Waals surface area contributed by atoms with Crippen molar-refractivity contribution < 1.29 is 9.59 Å². The highest BCUT2D eigenvalue weighted by Gasteiger charge is 2.30. The molecule has 1 unspecified atom stereocenters. The molecular weight excluding hydrogens is 240 g/mol. The van der Waals surface area contributed by atoms with Crippen LogP contribution in [-0.2, 0) is 9.59 Å². The zero-order valence-electron chi connectivity index (χ0n) is 10.8. The van der Waals surface area contributed by atoms with Gasteiger partial charge in [-0.25, -0.2) is 0 Å². The van der Waals surface area contributed by atoms with Gasteiger partial charge in [0.1, 0.15) is 0 Å². The first-order valence-electron chi connectivity index (χ1n) is 6.21. The van der Waals surface area contributed by atoms with Gasteiger partial charge in [0.15, 0.2) is 0 Å². The minimum absolute atomic E-state index is 0.211. The lowest BCUT2D eigenvalue weighted by Gasteiger charge is -2.22. The number of carbonyl (C=O) groups is 2. The van der Waals surface area contributed by atoms with E-state index in [1.54, 1.807) is 12.3 Å². The number of carbonyl (C=O) groups excluding carboxylic acids is 2. The van der Waals surface area contributed by atoms with Crippen molar-refractivity contribution in [3.63, 3.8) is 0 Å². The molecule has 19 heavy (non-hydrogen) atoms. The molecule has 1 atom stereocenters. The molecule has 1 aromatic rings. The molecule has 4 heteroatoms. The molecule has 0 aliphatic carbocycles. The Labute approximate surface area is 112 Å². The number of imide groups is 1. The van der Waals surface area contributed by atoms with Gasteiger partial charge >= 0.3 is 0 Å². The lowest BCUT2D eigenvalue weighted by molar-refractivity contribution is -0.134. The Morgan fingerprint density at radius 1 is 1.47 bits per heavy atom. The van der Waals surface area contributed by atoms with Crippen molar-refractivity contribution in [2.45, 2.75) is 25.7 Å². The van der Waals surface area contributed by atoms with Gasteiger partial charge < -0.3 is 0 Å². The van der Waals surface area contributed by atoms with Crippen molar-refractivity contribution in [3.8, 4) is 0 Å². The molecule has 0 aromatic carbocycles. The lowest BCUT2D eigenvalue weighted by atomic mass is 9.90. The number of aromatic nitrogens is 1. The van der Waals surface area contributed by atoms with Gasteiger partial charge in [-0.15, -0.1) is 0 Å². The second-order valence-corrected chi connectivity index (χ2v) is 4.53. The van der Waals surface area contributed by atoms with Crippen LogP contribution in [0.2, 0.25) is 0 Å². The van der Waals surface area contributed by atoms with Gasteiger partial charge in [-0.05, 0) is 30.5 Å². The van der Waals surface area contributed by atoms with Crippen LogP contribution in [0.1, 0.15) is 35.6 Å². The molecule has 4 nitrogen and oxygen atoms in total. The Bertz CT molecular complexity index is 561. The van der Waals surface area contributed by atoms with Crippen LogP contribution in [0.4, 0.5) is 0 Å². The van der Waals surface area contributed by atoms with E-state index in [-0.39, 0.29) is 17.7 Å². The zero-order chi connectivity index (χ0) is 13.8.